The number of hydrogen-bond acceptors (Lipinski definition) is 5. The minimum absolute atomic E-state index is 0.141. The lowest BCUT2D eigenvalue weighted by Crippen LogP contribution is -2.28. The van der Waals surface area contributed by atoms with Crippen molar-refractivity contribution >= 4 is 0 Å². The number of fused-ring (bicyclic) bond motifs is 1. The van der Waals surface area contributed by atoms with Crippen molar-refractivity contribution in [1.29, 1.82) is 0 Å². The lowest BCUT2D eigenvalue weighted by Gasteiger charge is -2.15. The summed E-state index contributed by atoms with van der Waals surface area (Å²) in [6, 6.07) is 15.1. The van der Waals surface area contributed by atoms with Crippen molar-refractivity contribution < 1.29 is 14.4 Å². The second-order valence-electron chi connectivity index (χ2n) is 6.25. The third kappa shape index (κ3) is 2.80. The average molecular weight is 326 g/mol. The maximum atomic E-state index is 11.5. The molecule has 0 bridgehead atoms. The highest BCUT2D eigenvalue weighted by Crippen LogP contribution is 2.38. The van der Waals surface area contributed by atoms with Crippen LogP contribution in [0, 0.1) is 10.1 Å². The van der Waals surface area contributed by atoms with Crippen molar-refractivity contribution in [1.82, 2.24) is 4.90 Å². The van der Waals surface area contributed by atoms with E-state index in [2.05, 4.69) is 17.0 Å². The fourth-order valence-corrected chi connectivity index (χ4v) is 3.52. The molecule has 2 atom stereocenters. The SMILES string of the molecule is O=[N+]([O-])[C@@H]1CN(Cc2ccccc2)C[C@H]1c1ccc2c(c1)OCO2. The lowest BCUT2D eigenvalue weighted by molar-refractivity contribution is -0.521. The van der Waals surface area contributed by atoms with E-state index < -0.39 is 6.04 Å². The van der Waals surface area contributed by atoms with Crippen LogP contribution < -0.4 is 9.47 Å². The summed E-state index contributed by atoms with van der Waals surface area (Å²) in [7, 11) is 0. The molecule has 2 aromatic rings. The van der Waals surface area contributed by atoms with Crippen molar-refractivity contribution in [2.45, 2.75) is 18.5 Å². The molecule has 0 spiro atoms. The van der Waals surface area contributed by atoms with Gasteiger partial charge in [-0.15, -0.1) is 0 Å². The summed E-state index contributed by atoms with van der Waals surface area (Å²) in [6.45, 7) is 2.07. The largest absolute Gasteiger partial charge is 0.454 e. The number of ether oxygens (including phenoxy) is 2. The first-order chi connectivity index (χ1) is 11.7. The Hall–Kier alpha value is -2.60. The molecule has 0 aliphatic carbocycles. The van der Waals surface area contributed by atoms with Crippen molar-refractivity contribution in [3.05, 3.63) is 69.8 Å². The van der Waals surface area contributed by atoms with Gasteiger partial charge < -0.3 is 9.47 Å². The highest BCUT2D eigenvalue weighted by atomic mass is 16.7. The molecule has 2 aliphatic heterocycles. The normalized spacial score (nSPS) is 22.7. The van der Waals surface area contributed by atoms with E-state index in [9.17, 15) is 10.1 Å². The number of rotatable bonds is 4. The Morgan fingerprint density at radius 1 is 1.08 bits per heavy atom. The summed E-state index contributed by atoms with van der Waals surface area (Å²) >= 11 is 0. The van der Waals surface area contributed by atoms with E-state index in [4.69, 9.17) is 9.47 Å². The smallest absolute Gasteiger partial charge is 0.233 e. The number of nitro groups is 1. The van der Waals surface area contributed by atoms with Gasteiger partial charge in [0.25, 0.3) is 0 Å². The summed E-state index contributed by atoms with van der Waals surface area (Å²) < 4.78 is 10.7. The minimum Gasteiger partial charge on any atom is -0.454 e. The molecule has 1 saturated heterocycles. The molecule has 124 valence electrons. The van der Waals surface area contributed by atoms with E-state index in [1.807, 2.05) is 36.4 Å². The van der Waals surface area contributed by atoms with Crippen molar-refractivity contribution in [3.8, 4) is 11.5 Å². The van der Waals surface area contributed by atoms with Gasteiger partial charge in [0.15, 0.2) is 11.5 Å². The van der Waals surface area contributed by atoms with E-state index in [1.165, 1.54) is 5.56 Å². The van der Waals surface area contributed by atoms with E-state index in [0.717, 1.165) is 12.1 Å². The molecule has 4 rings (SSSR count). The Morgan fingerprint density at radius 2 is 1.88 bits per heavy atom. The van der Waals surface area contributed by atoms with Crippen LogP contribution in [0.2, 0.25) is 0 Å². The summed E-state index contributed by atoms with van der Waals surface area (Å²) in [4.78, 5) is 13.5. The molecule has 0 radical (unpaired) electrons. The van der Waals surface area contributed by atoms with Crippen LogP contribution in [0.25, 0.3) is 0 Å². The molecule has 0 unspecified atom stereocenters. The van der Waals surface area contributed by atoms with Crippen molar-refractivity contribution in [3.63, 3.8) is 0 Å². The van der Waals surface area contributed by atoms with Gasteiger partial charge in [0.05, 0.1) is 12.5 Å². The molecule has 0 amide bonds. The first-order valence-electron chi connectivity index (χ1n) is 8.00. The first-order valence-corrected chi connectivity index (χ1v) is 8.00. The van der Waals surface area contributed by atoms with Gasteiger partial charge in [-0.25, -0.2) is 0 Å². The number of hydrogen-bond donors (Lipinski definition) is 0. The molecule has 2 aromatic carbocycles. The van der Waals surface area contributed by atoms with Crippen LogP contribution >= 0.6 is 0 Å². The molecule has 0 saturated carbocycles. The molecule has 24 heavy (non-hydrogen) atoms. The fourth-order valence-electron chi connectivity index (χ4n) is 3.52. The Morgan fingerprint density at radius 3 is 2.67 bits per heavy atom. The maximum absolute atomic E-state index is 11.5. The van der Waals surface area contributed by atoms with Crippen LogP contribution in [0.5, 0.6) is 11.5 Å². The van der Waals surface area contributed by atoms with Crippen LogP contribution in [0.4, 0.5) is 0 Å². The van der Waals surface area contributed by atoms with Gasteiger partial charge in [-0.2, -0.15) is 0 Å². The Labute approximate surface area is 139 Å². The Bertz CT molecular complexity index is 750. The van der Waals surface area contributed by atoms with Gasteiger partial charge in [0.1, 0.15) is 0 Å². The summed E-state index contributed by atoms with van der Waals surface area (Å²) in [5.41, 5.74) is 2.11. The van der Waals surface area contributed by atoms with Crippen LogP contribution in [0.15, 0.2) is 48.5 Å². The molecular weight excluding hydrogens is 308 g/mol. The first kappa shape index (κ1) is 15.0. The molecule has 1 fully saturated rings. The van der Waals surface area contributed by atoms with Gasteiger partial charge in [0, 0.05) is 18.0 Å². The molecule has 0 aromatic heterocycles. The second kappa shape index (κ2) is 6.13. The molecule has 2 aliphatic rings. The van der Waals surface area contributed by atoms with Crippen LogP contribution in [0.1, 0.15) is 17.0 Å². The van der Waals surface area contributed by atoms with Crippen LogP contribution in [-0.4, -0.2) is 35.7 Å². The lowest BCUT2D eigenvalue weighted by atomic mass is 9.94. The highest BCUT2D eigenvalue weighted by molar-refractivity contribution is 5.46. The second-order valence-corrected chi connectivity index (χ2v) is 6.25. The highest BCUT2D eigenvalue weighted by Gasteiger charge is 2.42. The standard InChI is InChI=1S/C18H18N2O4/c21-20(22)16-11-19(9-13-4-2-1-3-5-13)10-15(16)14-6-7-17-18(8-14)24-12-23-17/h1-8,15-16H,9-12H2/t15-,16+/m0/s1. The fraction of sp³-hybridized carbons (Fsp3) is 0.333. The summed E-state index contributed by atoms with van der Waals surface area (Å²) in [5.74, 6) is 1.24. The molecule has 2 heterocycles. The van der Waals surface area contributed by atoms with E-state index in [0.29, 0.717) is 24.6 Å². The van der Waals surface area contributed by atoms with Crippen molar-refractivity contribution in [2.24, 2.45) is 0 Å². The third-order valence-electron chi connectivity index (χ3n) is 4.71. The number of likely N-dealkylation sites (tertiary alicyclic amines) is 1. The monoisotopic (exact) mass is 326 g/mol. The van der Waals surface area contributed by atoms with Gasteiger partial charge in [0.2, 0.25) is 12.8 Å². The van der Waals surface area contributed by atoms with Gasteiger partial charge in [-0.3, -0.25) is 15.0 Å². The summed E-state index contributed by atoms with van der Waals surface area (Å²) in [6.07, 6.45) is 0. The predicted molar refractivity (Wildman–Crippen MR) is 87.8 cm³/mol. The van der Waals surface area contributed by atoms with E-state index in [1.54, 1.807) is 0 Å². The minimum atomic E-state index is -0.603. The van der Waals surface area contributed by atoms with Gasteiger partial charge >= 0.3 is 0 Å². The summed E-state index contributed by atoms with van der Waals surface area (Å²) in [5, 5.41) is 11.5. The number of nitrogens with zero attached hydrogens (tertiary/aromatic N) is 2. The Kier molecular flexibility index (Phi) is 3.82. The zero-order chi connectivity index (χ0) is 16.5. The van der Waals surface area contributed by atoms with Crippen LogP contribution in [0.3, 0.4) is 0 Å². The molecule has 0 N–H and O–H groups in total. The van der Waals surface area contributed by atoms with Crippen molar-refractivity contribution in [2.75, 3.05) is 19.9 Å². The molecule has 6 heteroatoms. The van der Waals surface area contributed by atoms with Crippen LogP contribution in [-0.2, 0) is 6.54 Å². The molecular formula is C18H18N2O4. The predicted octanol–water partition coefficient (Wildman–Crippen LogP) is 2.66. The molecule has 6 nitrogen and oxygen atoms in total. The number of benzene rings is 2. The average Bonchev–Trinajstić information content (AvgIpc) is 3.21. The topological polar surface area (TPSA) is 64.8 Å². The van der Waals surface area contributed by atoms with Gasteiger partial charge in [-0.05, 0) is 23.3 Å². The third-order valence-corrected chi connectivity index (χ3v) is 4.71. The maximum Gasteiger partial charge on any atom is 0.233 e. The zero-order valence-corrected chi connectivity index (χ0v) is 13.1. The van der Waals surface area contributed by atoms with Gasteiger partial charge in [-0.1, -0.05) is 36.4 Å². The quantitative estimate of drug-likeness (QED) is 0.638. The Balaban J connectivity index is 1.56. The van der Waals surface area contributed by atoms with E-state index in [-0.39, 0.29) is 17.6 Å². The zero-order valence-electron chi connectivity index (χ0n) is 13.1. The van der Waals surface area contributed by atoms with E-state index >= 15 is 0 Å².